The Bertz CT molecular complexity index is 307. The van der Waals surface area contributed by atoms with Crippen LogP contribution in [0, 0.1) is 0 Å². The molecule has 1 heterocycles. The average molecular weight is 214 g/mol. The first kappa shape index (κ1) is 9.96. The van der Waals surface area contributed by atoms with Gasteiger partial charge in [-0.3, -0.25) is 4.98 Å². The minimum atomic E-state index is 0. The van der Waals surface area contributed by atoms with Crippen molar-refractivity contribution in [2.24, 2.45) is 0 Å². The summed E-state index contributed by atoms with van der Waals surface area (Å²) in [6, 6.07) is 14.3. The normalized spacial score (nSPS) is 8.92. The average Bonchev–Trinajstić information content (AvgIpc) is 2.21. The van der Waals surface area contributed by atoms with E-state index in [0.29, 0.717) is 0 Å². The molecule has 13 heavy (non-hydrogen) atoms. The zero-order chi connectivity index (χ0) is 8.23. The molecule has 0 saturated heterocycles. The summed E-state index contributed by atoms with van der Waals surface area (Å²) in [6.07, 6.45) is 3.62. The van der Waals surface area contributed by atoms with Crippen LogP contribution in [0.15, 0.2) is 54.9 Å². The van der Waals surface area contributed by atoms with E-state index in [1.165, 1.54) is 11.1 Å². The molecule has 0 aliphatic carbocycles. The Kier molecular flexibility index (Phi) is 3.67. The maximum atomic E-state index is 3.97. The topological polar surface area (TPSA) is 12.9 Å². The molecule has 0 unspecified atom stereocenters. The molecule has 0 saturated carbocycles. The quantitative estimate of drug-likeness (QED) is 0.711. The maximum absolute atomic E-state index is 3.97. The fourth-order valence-corrected chi connectivity index (χ4v) is 1.17. The second-order valence-corrected chi connectivity index (χ2v) is 2.60. The van der Waals surface area contributed by atoms with Crippen LogP contribution in [0.3, 0.4) is 0 Å². The first-order valence-corrected chi connectivity index (χ1v) is 3.92. The number of hydrogen-bond donors (Lipinski definition) is 0. The summed E-state index contributed by atoms with van der Waals surface area (Å²) >= 11 is 0. The van der Waals surface area contributed by atoms with Gasteiger partial charge in [-0.2, -0.15) is 0 Å². The third-order valence-electron chi connectivity index (χ3n) is 1.79. The predicted molar refractivity (Wildman–Crippen MR) is 49.7 cm³/mol. The number of nitrogens with zero attached hydrogens (tertiary/aromatic N) is 1. The fourth-order valence-electron chi connectivity index (χ4n) is 1.17. The van der Waals surface area contributed by atoms with Crippen molar-refractivity contribution in [1.82, 2.24) is 4.98 Å². The number of hydrogen-bond acceptors (Lipinski definition) is 1. The Morgan fingerprint density at radius 1 is 0.692 bits per heavy atom. The van der Waals surface area contributed by atoms with E-state index in [-0.39, 0.29) is 16.8 Å². The summed E-state index contributed by atoms with van der Waals surface area (Å²) in [4.78, 5) is 3.97. The van der Waals surface area contributed by atoms with Gasteiger partial charge in [0, 0.05) is 29.2 Å². The molecule has 0 atom stereocenters. The van der Waals surface area contributed by atoms with Gasteiger partial charge in [-0.15, -0.1) is 0 Å². The Morgan fingerprint density at radius 2 is 1.23 bits per heavy atom. The van der Waals surface area contributed by atoms with Crippen molar-refractivity contribution in [3.8, 4) is 11.1 Å². The van der Waals surface area contributed by atoms with Gasteiger partial charge in [-0.25, -0.2) is 0 Å². The zero-order valence-electron chi connectivity index (χ0n) is 6.98. The van der Waals surface area contributed by atoms with Crippen molar-refractivity contribution in [1.29, 1.82) is 0 Å². The van der Waals surface area contributed by atoms with Gasteiger partial charge in [0.25, 0.3) is 0 Å². The van der Waals surface area contributed by atoms with E-state index in [9.17, 15) is 0 Å². The zero-order valence-corrected chi connectivity index (χ0v) is 8.02. The summed E-state index contributed by atoms with van der Waals surface area (Å²) in [5.41, 5.74) is 2.45. The molecule has 0 aliphatic rings. The maximum Gasteiger partial charge on any atom is 0.0273 e. The van der Waals surface area contributed by atoms with Crippen molar-refractivity contribution in [2.45, 2.75) is 0 Å². The molecule has 0 N–H and O–H groups in total. The van der Waals surface area contributed by atoms with E-state index < -0.39 is 0 Å². The Balaban J connectivity index is 0.000000845. The van der Waals surface area contributed by atoms with E-state index in [2.05, 4.69) is 17.1 Å². The summed E-state index contributed by atoms with van der Waals surface area (Å²) in [5, 5.41) is 0. The van der Waals surface area contributed by atoms with Gasteiger partial charge in [-0.05, 0) is 23.3 Å². The molecule has 1 aromatic carbocycles. The van der Waals surface area contributed by atoms with Crippen LogP contribution < -0.4 is 0 Å². The van der Waals surface area contributed by atoms with E-state index >= 15 is 0 Å². The minimum absolute atomic E-state index is 0. The third kappa shape index (κ3) is 2.41. The smallest absolute Gasteiger partial charge is 0.0273 e. The van der Waals surface area contributed by atoms with Crippen LogP contribution in [0.1, 0.15) is 0 Å². The molecular weight excluding hydrogens is 205 g/mol. The van der Waals surface area contributed by atoms with Gasteiger partial charge in [0.2, 0.25) is 0 Å². The molecule has 0 aliphatic heterocycles. The SMILES string of the molecule is [Co].c1ccc(-c2ccncc2)cc1. The molecular formula is C11H9CoN. The number of benzene rings is 1. The van der Waals surface area contributed by atoms with Crippen molar-refractivity contribution < 1.29 is 16.8 Å². The van der Waals surface area contributed by atoms with E-state index in [4.69, 9.17) is 0 Å². The van der Waals surface area contributed by atoms with Crippen molar-refractivity contribution in [3.63, 3.8) is 0 Å². The van der Waals surface area contributed by atoms with Gasteiger partial charge in [0.1, 0.15) is 0 Å². The Morgan fingerprint density at radius 3 is 1.85 bits per heavy atom. The Hall–Kier alpha value is -1.12. The molecule has 67 valence electrons. The van der Waals surface area contributed by atoms with Crippen LogP contribution in [0.4, 0.5) is 0 Å². The molecule has 1 nitrogen and oxygen atoms in total. The number of pyridine rings is 1. The second-order valence-electron chi connectivity index (χ2n) is 2.60. The van der Waals surface area contributed by atoms with Gasteiger partial charge < -0.3 is 0 Å². The van der Waals surface area contributed by atoms with Crippen LogP contribution in [-0.2, 0) is 16.8 Å². The van der Waals surface area contributed by atoms with Gasteiger partial charge >= 0.3 is 0 Å². The van der Waals surface area contributed by atoms with Crippen LogP contribution >= 0.6 is 0 Å². The first-order valence-electron chi connectivity index (χ1n) is 3.92. The van der Waals surface area contributed by atoms with E-state index in [0.717, 1.165) is 0 Å². The molecule has 0 bridgehead atoms. The van der Waals surface area contributed by atoms with Crippen LogP contribution in [0.5, 0.6) is 0 Å². The molecule has 0 amide bonds. The van der Waals surface area contributed by atoms with Crippen molar-refractivity contribution in [3.05, 3.63) is 54.9 Å². The number of aromatic nitrogens is 1. The molecule has 2 rings (SSSR count). The summed E-state index contributed by atoms with van der Waals surface area (Å²) in [5.74, 6) is 0. The predicted octanol–water partition coefficient (Wildman–Crippen LogP) is 2.75. The van der Waals surface area contributed by atoms with E-state index in [1.807, 2.05) is 42.7 Å². The number of rotatable bonds is 1. The van der Waals surface area contributed by atoms with Crippen LogP contribution in [-0.4, -0.2) is 4.98 Å². The third-order valence-corrected chi connectivity index (χ3v) is 1.79. The van der Waals surface area contributed by atoms with Gasteiger partial charge in [0.05, 0.1) is 0 Å². The molecule has 2 heteroatoms. The standard InChI is InChI=1S/C11H9N.Co/c1-2-4-10(5-3-1)11-6-8-12-9-7-11;/h1-9H;. The van der Waals surface area contributed by atoms with Gasteiger partial charge in [-0.1, -0.05) is 30.3 Å². The Labute approximate surface area is 88.0 Å². The molecule has 1 radical (unpaired) electrons. The van der Waals surface area contributed by atoms with Crippen molar-refractivity contribution >= 4 is 0 Å². The summed E-state index contributed by atoms with van der Waals surface area (Å²) in [7, 11) is 0. The summed E-state index contributed by atoms with van der Waals surface area (Å²) in [6.45, 7) is 0. The van der Waals surface area contributed by atoms with Crippen LogP contribution in [0.25, 0.3) is 11.1 Å². The molecule has 0 spiro atoms. The molecule has 0 fully saturated rings. The molecule has 1 aromatic heterocycles. The van der Waals surface area contributed by atoms with Crippen molar-refractivity contribution in [2.75, 3.05) is 0 Å². The second kappa shape index (κ2) is 4.79. The minimum Gasteiger partial charge on any atom is -0.265 e. The van der Waals surface area contributed by atoms with Crippen LogP contribution in [0.2, 0.25) is 0 Å². The summed E-state index contributed by atoms with van der Waals surface area (Å²) < 4.78 is 0. The van der Waals surface area contributed by atoms with Gasteiger partial charge in [0.15, 0.2) is 0 Å². The largest absolute Gasteiger partial charge is 0.265 e. The first-order chi connectivity index (χ1) is 5.97. The fraction of sp³-hybridized carbons (Fsp3) is 0. The van der Waals surface area contributed by atoms with E-state index in [1.54, 1.807) is 0 Å². The monoisotopic (exact) mass is 214 g/mol. The molecule has 2 aromatic rings.